The first-order chi connectivity index (χ1) is 14.1. The zero-order valence-electron chi connectivity index (χ0n) is 18.2. The molecule has 29 heavy (non-hydrogen) atoms. The molecule has 3 N–H and O–H groups in total. The van der Waals surface area contributed by atoms with Gasteiger partial charge in [-0.15, -0.1) is 0 Å². The predicted octanol–water partition coefficient (Wildman–Crippen LogP) is 4.21. The summed E-state index contributed by atoms with van der Waals surface area (Å²) in [5.41, 5.74) is 5.08. The highest BCUT2D eigenvalue weighted by Gasteiger charge is 2.11. The minimum atomic E-state index is -1.01. The van der Waals surface area contributed by atoms with Crippen LogP contribution >= 0.6 is 0 Å². The number of nitrogens with two attached hydrogens (primary N) is 1. The molecule has 0 aliphatic heterocycles. The summed E-state index contributed by atoms with van der Waals surface area (Å²) in [7, 11) is 0. The highest BCUT2D eigenvalue weighted by Crippen LogP contribution is 2.09. The van der Waals surface area contributed by atoms with E-state index < -0.39 is 12.1 Å². The summed E-state index contributed by atoms with van der Waals surface area (Å²) in [5, 5.41) is 9.54. The Morgan fingerprint density at radius 2 is 1.38 bits per heavy atom. The Morgan fingerprint density at radius 3 is 2.00 bits per heavy atom. The highest BCUT2D eigenvalue weighted by atomic mass is 16.6. The van der Waals surface area contributed by atoms with Crippen molar-refractivity contribution in [3.8, 4) is 0 Å². The number of unbranched alkanes of at least 4 members (excludes halogenated alkanes) is 8. The molecule has 0 radical (unpaired) electrons. The van der Waals surface area contributed by atoms with E-state index >= 15 is 0 Å². The summed E-state index contributed by atoms with van der Waals surface area (Å²) < 4.78 is 9.63. The van der Waals surface area contributed by atoms with E-state index in [2.05, 4.69) is 36.0 Å². The summed E-state index contributed by atoms with van der Waals surface area (Å²) in [6, 6.07) is 0. The molecule has 0 aromatic heterocycles. The van der Waals surface area contributed by atoms with Gasteiger partial charge < -0.3 is 20.3 Å². The standard InChI is InChI=1S/C23H41NO5/c1-2-3-4-5-6-7-8-9-10-11-12-13-14-15-16-17-22(26)28-19-21(25)20-29-23(27)18-24/h6-7,9-10,21,25H,2-5,8,11-20,24H2,1H3/b7-6-,10-9-. The molecule has 0 aliphatic rings. The van der Waals surface area contributed by atoms with Gasteiger partial charge in [-0.05, 0) is 38.5 Å². The van der Waals surface area contributed by atoms with E-state index in [1.807, 2.05) is 0 Å². The van der Waals surface area contributed by atoms with Crippen LogP contribution in [0.3, 0.4) is 0 Å². The number of aliphatic hydroxyl groups excluding tert-OH is 1. The number of hydrogen-bond donors (Lipinski definition) is 2. The lowest BCUT2D eigenvalue weighted by atomic mass is 10.1. The molecule has 0 amide bonds. The van der Waals surface area contributed by atoms with Crippen molar-refractivity contribution < 1.29 is 24.2 Å². The van der Waals surface area contributed by atoms with E-state index in [0.717, 1.165) is 38.5 Å². The van der Waals surface area contributed by atoms with Gasteiger partial charge in [-0.1, -0.05) is 63.3 Å². The summed E-state index contributed by atoms with van der Waals surface area (Å²) in [6.07, 6.45) is 20.8. The third-order valence-electron chi connectivity index (χ3n) is 4.37. The third kappa shape index (κ3) is 20.9. The molecule has 0 aromatic rings. The zero-order chi connectivity index (χ0) is 21.6. The topological polar surface area (TPSA) is 98.9 Å². The smallest absolute Gasteiger partial charge is 0.319 e. The maximum atomic E-state index is 11.6. The van der Waals surface area contributed by atoms with E-state index in [4.69, 9.17) is 10.5 Å². The van der Waals surface area contributed by atoms with Crippen molar-refractivity contribution in [2.45, 2.75) is 90.1 Å². The van der Waals surface area contributed by atoms with Crippen molar-refractivity contribution in [3.05, 3.63) is 24.3 Å². The van der Waals surface area contributed by atoms with Gasteiger partial charge >= 0.3 is 11.9 Å². The maximum absolute atomic E-state index is 11.6. The Hall–Kier alpha value is -1.66. The van der Waals surface area contributed by atoms with Crippen molar-refractivity contribution in [3.63, 3.8) is 0 Å². The van der Waals surface area contributed by atoms with Crippen molar-refractivity contribution in [1.29, 1.82) is 0 Å². The number of rotatable bonds is 19. The van der Waals surface area contributed by atoms with Crippen molar-refractivity contribution in [1.82, 2.24) is 0 Å². The average molecular weight is 412 g/mol. The number of hydrogen-bond acceptors (Lipinski definition) is 6. The molecule has 6 heteroatoms. The number of allylic oxidation sites excluding steroid dienone is 4. The molecule has 0 aromatic carbocycles. The maximum Gasteiger partial charge on any atom is 0.319 e. The molecule has 0 bridgehead atoms. The van der Waals surface area contributed by atoms with Crippen LogP contribution in [-0.2, 0) is 19.1 Å². The van der Waals surface area contributed by atoms with Gasteiger partial charge in [0.15, 0.2) is 0 Å². The molecule has 0 aliphatic carbocycles. The summed E-state index contributed by atoms with van der Waals surface area (Å²) in [4.78, 5) is 22.5. The fourth-order valence-corrected chi connectivity index (χ4v) is 2.64. The van der Waals surface area contributed by atoms with Crippen LogP contribution in [0.15, 0.2) is 24.3 Å². The van der Waals surface area contributed by atoms with Crippen LogP contribution in [0.5, 0.6) is 0 Å². The number of aliphatic hydroxyl groups is 1. The molecular formula is C23H41NO5. The third-order valence-corrected chi connectivity index (χ3v) is 4.37. The first-order valence-electron chi connectivity index (χ1n) is 11.1. The van der Waals surface area contributed by atoms with E-state index in [9.17, 15) is 14.7 Å². The Morgan fingerprint density at radius 1 is 0.828 bits per heavy atom. The van der Waals surface area contributed by atoms with Crippen LogP contribution in [0.4, 0.5) is 0 Å². The SMILES string of the molecule is CCCCC/C=C\C/C=C\CCCCCCCC(=O)OCC(O)COC(=O)CN. The van der Waals surface area contributed by atoms with Gasteiger partial charge in [0.05, 0.1) is 6.54 Å². The Kier molecular flexibility index (Phi) is 19.9. The van der Waals surface area contributed by atoms with Gasteiger partial charge in [0.2, 0.25) is 0 Å². The highest BCUT2D eigenvalue weighted by molar-refractivity contribution is 5.71. The van der Waals surface area contributed by atoms with Gasteiger partial charge in [-0.2, -0.15) is 0 Å². The van der Waals surface area contributed by atoms with Crippen LogP contribution in [0.1, 0.15) is 84.0 Å². The fraction of sp³-hybridized carbons (Fsp3) is 0.739. The molecule has 0 heterocycles. The Bertz CT molecular complexity index is 462. The van der Waals surface area contributed by atoms with Crippen LogP contribution < -0.4 is 5.73 Å². The summed E-state index contributed by atoms with van der Waals surface area (Å²) in [6.45, 7) is 1.60. The fourth-order valence-electron chi connectivity index (χ4n) is 2.64. The van der Waals surface area contributed by atoms with Crippen LogP contribution in [0.2, 0.25) is 0 Å². The largest absolute Gasteiger partial charge is 0.463 e. The average Bonchev–Trinajstić information content (AvgIpc) is 2.73. The molecule has 0 fully saturated rings. The van der Waals surface area contributed by atoms with Crippen LogP contribution in [-0.4, -0.2) is 42.9 Å². The number of carbonyl (C=O) groups is 2. The molecule has 0 spiro atoms. The monoisotopic (exact) mass is 411 g/mol. The molecule has 1 atom stereocenters. The zero-order valence-corrected chi connectivity index (χ0v) is 18.2. The Balaban J connectivity index is 3.42. The van der Waals surface area contributed by atoms with E-state index in [0.29, 0.717) is 6.42 Å². The predicted molar refractivity (Wildman–Crippen MR) is 116 cm³/mol. The lowest BCUT2D eigenvalue weighted by Crippen LogP contribution is -2.27. The van der Waals surface area contributed by atoms with E-state index in [1.54, 1.807) is 0 Å². The second-order valence-corrected chi connectivity index (χ2v) is 7.20. The quantitative estimate of drug-likeness (QED) is 0.188. The molecule has 0 rings (SSSR count). The lowest BCUT2D eigenvalue weighted by Gasteiger charge is -2.11. The second-order valence-electron chi connectivity index (χ2n) is 7.20. The van der Waals surface area contributed by atoms with Crippen molar-refractivity contribution >= 4 is 11.9 Å². The van der Waals surface area contributed by atoms with E-state index in [-0.39, 0.29) is 25.7 Å². The summed E-state index contributed by atoms with van der Waals surface area (Å²) >= 11 is 0. The first kappa shape index (κ1) is 27.3. The normalized spacial score (nSPS) is 12.5. The minimum Gasteiger partial charge on any atom is -0.463 e. The molecule has 1 unspecified atom stereocenters. The van der Waals surface area contributed by atoms with Gasteiger partial charge in [0, 0.05) is 6.42 Å². The Labute approximate surface area is 176 Å². The molecule has 0 saturated heterocycles. The number of carbonyl (C=O) groups excluding carboxylic acids is 2. The van der Waals surface area contributed by atoms with Gasteiger partial charge in [-0.3, -0.25) is 9.59 Å². The van der Waals surface area contributed by atoms with Crippen LogP contribution in [0.25, 0.3) is 0 Å². The van der Waals surface area contributed by atoms with Gasteiger partial charge in [-0.25, -0.2) is 0 Å². The van der Waals surface area contributed by atoms with Gasteiger partial charge in [0.1, 0.15) is 19.3 Å². The summed E-state index contributed by atoms with van der Waals surface area (Å²) in [5.74, 6) is -0.930. The molecule has 168 valence electrons. The first-order valence-corrected chi connectivity index (χ1v) is 11.1. The van der Waals surface area contributed by atoms with Crippen molar-refractivity contribution in [2.24, 2.45) is 5.73 Å². The molecule has 6 nitrogen and oxygen atoms in total. The van der Waals surface area contributed by atoms with Gasteiger partial charge in [0.25, 0.3) is 0 Å². The molecular weight excluding hydrogens is 370 g/mol. The molecule has 0 saturated carbocycles. The number of esters is 2. The second kappa shape index (κ2) is 21.1. The minimum absolute atomic E-state index is 0.170. The number of ether oxygens (including phenoxy) is 2. The van der Waals surface area contributed by atoms with E-state index in [1.165, 1.54) is 32.1 Å². The lowest BCUT2D eigenvalue weighted by molar-refractivity contribution is -0.151. The van der Waals surface area contributed by atoms with Crippen molar-refractivity contribution in [2.75, 3.05) is 19.8 Å². The van der Waals surface area contributed by atoms with Crippen LogP contribution in [0, 0.1) is 0 Å².